The maximum Gasteiger partial charge on any atom is 0.410 e. The molecule has 1 aliphatic heterocycles. The molecule has 1 spiro atoms. The summed E-state index contributed by atoms with van der Waals surface area (Å²) in [4.78, 5) is 14.4. The van der Waals surface area contributed by atoms with Gasteiger partial charge in [-0.05, 0) is 49.8 Å². The molecule has 1 saturated heterocycles. The minimum atomic E-state index is -3.58. The summed E-state index contributed by atoms with van der Waals surface area (Å²) < 4.78 is 45.7. The molecule has 1 aromatic rings. The SMILES string of the molecule is CCCCOC[C@]1(COS(C)(=O)=O)CCC[C@@]2(CN(Cc3ccc(OC)cc3)C(=O)O2)C1. The van der Waals surface area contributed by atoms with Gasteiger partial charge in [-0.3, -0.25) is 9.08 Å². The molecule has 0 bridgehead atoms. The van der Waals surface area contributed by atoms with Gasteiger partial charge in [-0.2, -0.15) is 8.42 Å². The van der Waals surface area contributed by atoms with E-state index in [-0.39, 0.29) is 12.7 Å². The fourth-order valence-corrected chi connectivity index (χ4v) is 5.15. The topological polar surface area (TPSA) is 91.4 Å². The number of hydrogen-bond acceptors (Lipinski definition) is 7. The average Bonchev–Trinajstić information content (AvgIpc) is 3.04. The Balaban J connectivity index is 1.71. The Labute approximate surface area is 191 Å². The lowest BCUT2D eigenvalue weighted by Gasteiger charge is -2.44. The van der Waals surface area contributed by atoms with Gasteiger partial charge in [0.25, 0.3) is 10.1 Å². The van der Waals surface area contributed by atoms with Gasteiger partial charge in [0, 0.05) is 18.6 Å². The Kier molecular flexibility index (Phi) is 8.06. The number of ether oxygens (including phenoxy) is 3. The summed E-state index contributed by atoms with van der Waals surface area (Å²) in [6.07, 6.45) is 5.53. The van der Waals surface area contributed by atoms with E-state index < -0.39 is 21.1 Å². The largest absolute Gasteiger partial charge is 0.497 e. The molecule has 1 heterocycles. The van der Waals surface area contributed by atoms with Crippen LogP contribution in [0.15, 0.2) is 24.3 Å². The number of carbonyl (C=O) groups is 1. The summed E-state index contributed by atoms with van der Waals surface area (Å²) in [5.41, 5.74) is -0.174. The minimum absolute atomic E-state index is 0.0374. The summed E-state index contributed by atoms with van der Waals surface area (Å²) in [6, 6.07) is 7.61. The van der Waals surface area contributed by atoms with Gasteiger partial charge in [-0.1, -0.05) is 25.5 Å². The second kappa shape index (κ2) is 10.4. The molecule has 9 heteroatoms. The number of unbranched alkanes of at least 4 members (excludes halogenated alkanes) is 1. The number of rotatable bonds is 11. The van der Waals surface area contributed by atoms with E-state index in [2.05, 4.69) is 6.92 Å². The first-order valence-corrected chi connectivity index (χ1v) is 13.0. The van der Waals surface area contributed by atoms with Gasteiger partial charge < -0.3 is 14.2 Å². The molecule has 1 saturated carbocycles. The second-order valence-corrected chi connectivity index (χ2v) is 10.8. The predicted octanol–water partition coefficient (Wildman–Crippen LogP) is 3.74. The van der Waals surface area contributed by atoms with E-state index in [1.54, 1.807) is 12.0 Å². The molecule has 1 aliphatic carbocycles. The van der Waals surface area contributed by atoms with Crippen LogP contribution in [0.2, 0.25) is 0 Å². The van der Waals surface area contributed by atoms with Gasteiger partial charge in [-0.15, -0.1) is 0 Å². The van der Waals surface area contributed by atoms with Crippen molar-refractivity contribution >= 4 is 16.2 Å². The Morgan fingerprint density at radius 3 is 2.56 bits per heavy atom. The quantitative estimate of drug-likeness (QED) is 0.360. The van der Waals surface area contributed by atoms with E-state index in [1.165, 1.54) is 0 Å². The first kappa shape index (κ1) is 24.8. The highest BCUT2D eigenvalue weighted by Gasteiger charge is 2.53. The Morgan fingerprint density at radius 2 is 1.91 bits per heavy atom. The molecule has 8 nitrogen and oxygen atoms in total. The predicted molar refractivity (Wildman–Crippen MR) is 120 cm³/mol. The average molecular weight is 470 g/mol. The highest BCUT2D eigenvalue weighted by molar-refractivity contribution is 7.85. The molecular weight excluding hydrogens is 434 g/mol. The molecule has 0 unspecified atom stereocenters. The van der Waals surface area contributed by atoms with E-state index in [1.807, 2.05) is 24.3 Å². The number of methoxy groups -OCH3 is 1. The van der Waals surface area contributed by atoms with Gasteiger partial charge in [0.05, 0.1) is 33.1 Å². The molecule has 2 fully saturated rings. The molecule has 180 valence electrons. The lowest BCUT2D eigenvalue weighted by Crippen LogP contribution is -2.48. The van der Waals surface area contributed by atoms with Crippen LogP contribution in [-0.4, -0.2) is 64.7 Å². The minimum Gasteiger partial charge on any atom is -0.497 e. The molecule has 3 rings (SSSR count). The van der Waals surface area contributed by atoms with Crippen molar-refractivity contribution in [2.45, 2.75) is 57.6 Å². The number of carbonyl (C=O) groups excluding carboxylic acids is 1. The summed E-state index contributed by atoms with van der Waals surface area (Å²) in [6.45, 7) is 4.05. The molecule has 1 aromatic carbocycles. The fraction of sp³-hybridized carbons (Fsp3) is 0.696. The third-order valence-corrected chi connectivity index (χ3v) is 6.79. The standard InChI is InChI=1S/C23H35NO7S/c1-4-5-13-29-17-22(18-30-32(3,26)27)11-6-12-23(15-22)16-24(21(25)31-23)14-19-7-9-20(28-2)10-8-19/h7-10H,4-6,11-18H2,1-3H3/t22-,23-/m0/s1. The van der Waals surface area contributed by atoms with Crippen LogP contribution >= 0.6 is 0 Å². The van der Waals surface area contributed by atoms with Crippen LogP contribution in [0.3, 0.4) is 0 Å². The fourth-order valence-electron chi connectivity index (χ4n) is 4.69. The lowest BCUT2D eigenvalue weighted by molar-refractivity contribution is -0.0795. The monoisotopic (exact) mass is 469 g/mol. The lowest BCUT2D eigenvalue weighted by atomic mass is 9.68. The van der Waals surface area contributed by atoms with Crippen LogP contribution in [-0.2, 0) is 30.3 Å². The van der Waals surface area contributed by atoms with E-state index >= 15 is 0 Å². The zero-order valence-corrected chi connectivity index (χ0v) is 20.1. The maximum atomic E-state index is 12.7. The van der Waals surface area contributed by atoms with Crippen molar-refractivity contribution in [1.29, 1.82) is 0 Å². The molecule has 1 amide bonds. The first-order valence-electron chi connectivity index (χ1n) is 11.2. The van der Waals surface area contributed by atoms with Gasteiger partial charge in [0.1, 0.15) is 11.4 Å². The van der Waals surface area contributed by atoms with Crippen LogP contribution in [0.1, 0.15) is 51.0 Å². The molecule has 0 N–H and O–H groups in total. The molecule has 0 aromatic heterocycles. The first-order chi connectivity index (χ1) is 15.2. The number of amides is 1. The second-order valence-electron chi connectivity index (χ2n) is 9.16. The van der Waals surface area contributed by atoms with E-state index in [0.717, 1.165) is 49.7 Å². The van der Waals surface area contributed by atoms with Crippen molar-refractivity contribution in [3.63, 3.8) is 0 Å². The van der Waals surface area contributed by atoms with Crippen molar-refractivity contribution in [2.75, 3.05) is 39.7 Å². The number of nitrogens with zero attached hydrogens (tertiary/aromatic N) is 1. The van der Waals surface area contributed by atoms with E-state index in [4.69, 9.17) is 18.4 Å². The third-order valence-electron chi connectivity index (χ3n) is 6.24. The summed E-state index contributed by atoms with van der Waals surface area (Å²) in [7, 11) is -1.97. The van der Waals surface area contributed by atoms with Crippen molar-refractivity contribution in [1.82, 2.24) is 4.90 Å². The highest BCUT2D eigenvalue weighted by atomic mass is 32.2. The van der Waals surface area contributed by atoms with Crippen LogP contribution in [0.25, 0.3) is 0 Å². The van der Waals surface area contributed by atoms with Gasteiger partial charge in [0.15, 0.2) is 0 Å². The zero-order chi connectivity index (χ0) is 23.2. The van der Waals surface area contributed by atoms with Crippen LogP contribution in [0, 0.1) is 5.41 Å². The molecule has 0 radical (unpaired) electrons. The zero-order valence-electron chi connectivity index (χ0n) is 19.3. The van der Waals surface area contributed by atoms with Crippen molar-refractivity contribution < 1.29 is 31.6 Å². The summed E-state index contributed by atoms with van der Waals surface area (Å²) >= 11 is 0. The summed E-state index contributed by atoms with van der Waals surface area (Å²) in [5, 5.41) is 0. The number of hydrogen-bond donors (Lipinski definition) is 0. The normalized spacial score (nSPS) is 25.8. The van der Waals surface area contributed by atoms with Gasteiger partial charge in [0.2, 0.25) is 0 Å². The third kappa shape index (κ3) is 6.59. The van der Waals surface area contributed by atoms with Crippen molar-refractivity contribution in [2.24, 2.45) is 5.41 Å². The van der Waals surface area contributed by atoms with Crippen molar-refractivity contribution in [3.05, 3.63) is 29.8 Å². The van der Waals surface area contributed by atoms with E-state index in [9.17, 15) is 13.2 Å². The highest BCUT2D eigenvalue weighted by Crippen LogP contribution is 2.47. The molecule has 2 atom stereocenters. The molecular formula is C23H35NO7S. The smallest absolute Gasteiger partial charge is 0.410 e. The van der Waals surface area contributed by atoms with Crippen LogP contribution in [0.4, 0.5) is 4.79 Å². The maximum absolute atomic E-state index is 12.7. The van der Waals surface area contributed by atoms with Gasteiger partial charge >= 0.3 is 6.09 Å². The number of benzene rings is 1. The molecule has 2 aliphatic rings. The van der Waals surface area contributed by atoms with Crippen LogP contribution < -0.4 is 4.74 Å². The Morgan fingerprint density at radius 1 is 1.16 bits per heavy atom. The summed E-state index contributed by atoms with van der Waals surface area (Å²) in [5.74, 6) is 0.764. The van der Waals surface area contributed by atoms with E-state index in [0.29, 0.717) is 32.7 Å². The van der Waals surface area contributed by atoms with Crippen molar-refractivity contribution in [3.8, 4) is 5.75 Å². The van der Waals surface area contributed by atoms with Crippen LogP contribution in [0.5, 0.6) is 5.75 Å². The van der Waals surface area contributed by atoms with Gasteiger partial charge in [-0.25, -0.2) is 4.79 Å². The molecule has 32 heavy (non-hydrogen) atoms. The Hall–Kier alpha value is -1.84. The Bertz CT molecular complexity index is 873.